The Kier molecular flexibility index (Phi) is 4.22. The lowest BCUT2D eigenvalue weighted by Gasteiger charge is -2.43. The molecule has 1 heteroatoms. The average molecular weight is 207 g/mol. The third kappa shape index (κ3) is 2.98. The number of terminal acetylenes is 1. The van der Waals surface area contributed by atoms with E-state index in [1.54, 1.807) is 0 Å². The van der Waals surface area contributed by atoms with Gasteiger partial charge in [0.2, 0.25) is 0 Å². The number of nitrogens with two attached hydrogens (primary N) is 1. The molecule has 0 aliphatic heterocycles. The van der Waals surface area contributed by atoms with Gasteiger partial charge in [0.05, 0.1) is 0 Å². The van der Waals surface area contributed by atoms with E-state index in [1.165, 1.54) is 19.3 Å². The minimum Gasteiger partial charge on any atom is -0.328 e. The predicted molar refractivity (Wildman–Crippen MR) is 66.3 cm³/mol. The number of hydrogen-bond acceptors (Lipinski definition) is 1. The fraction of sp³-hybridized carbons (Fsp3) is 0.857. The van der Waals surface area contributed by atoms with Gasteiger partial charge < -0.3 is 5.73 Å². The van der Waals surface area contributed by atoms with Crippen molar-refractivity contribution < 1.29 is 0 Å². The molecule has 0 aromatic rings. The Morgan fingerprint density at radius 2 is 2.07 bits per heavy atom. The van der Waals surface area contributed by atoms with Crippen LogP contribution in [0.4, 0.5) is 0 Å². The summed E-state index contributed by atoms with van der Waals surface area (Å²) in [6.45, 7) is 7.03. The van der Waals surface area contributed by atoms with E-state index in [-0.39, 0.29) is 0 Å². The molecule has 1 saturated carbocycles. The third-order valence-corrected chi connectivity index (χ3v) is 4.32. The van der Waals surface area contributed by atoms with Crippen LogP contribution in [0.5, 0.6) is 0 Å². The summed E-state index contributed by atoms with van der Waals surface area (Å²) in [5.41, 5.74) is 6.45. The van der Waals surface area contributed by atoms with Crippen LogP contribution in [0.3, 0.4) is 0 Å². The minimum absolute atomic E-state index is 0.382. The molecule has 3 atom stereocenters. The van der Waals surface area contributed by atoms with E-state index >= 15 is 0 Å². The molecule has 1 fully saturated rings. The highest BCUT2D eigenvalue weighted by atomic mass is 14.6. The molecule has 0 saturated heterocycles. The fourth-order valence-corrected chi connectivity index (χ4v) is 2.97. The van der Waals surface area contributed by atoms with E-state index in [2.05, 4.69) is 26.7 Å². The monoisotopic (exact) mass is 207 g/mol. The first-order valence-corrected chi connectivity index (χ1v) is 6.20. The van der Waals surface area contributed by atoms with Crippen molar-refractivity contribution in [3.8, 4) is 12.3 Å². The molecule has 2 N–H and O–H groups in total. The molecule has 1 aliphatic rings. The van der Waals surface area contributed by atoms with Gasteiger partial charge >= 0.3 is 0 Å². The zero-order chi connectivity index (χ0) is 11.5. The Hall–Kier alpha value is -0.480. The van der Waals surface area contributed by atoms with Gasteiger partial charge in [-0.3, -0.25) is 0 Å². The lowest BCUT2D eigenvalue weighted by atomic mass is 9.63. The van der Waals surface area contributed by atoms with Crippen molar-refractivity contribution in [1.82, 2.24) is 0 Å². The molecule has 1 nitrogen and oxygen atoms in total. The lowest BCUT2D eigenvalue weighted by Crippen LogP contribution is -2.39. The Bertz CT molecular complexity index is 236. The maximum Gasteiger partial charge on any atom is 0.0118 e. The van der Waals surface area contributed by atoms with Gasteiger partial charge in [-0.25, -0.2) is 0 Å². The molecular weight excluding hydrogens is 182 g/mol. The molecule has 0 spiro atoms. The first-order chi connectivity index (χ1) is 7.01. The number of rotatable bonds is 3. The summed E-state index contributed by atoms with van der Waals surface area (Å²) in [6, 6.07) is 0.382. The van der Waals surface area contributed by atoms with E-state index in [9.17, 15) is 0 Å². The summed E-state index contributed by atoms with van der Waals surface area (Å²) in [6.07, 6.45) is 11.2. The quantitative estimate of drug-likeness (QED) is 0.707. The van der Waals surface area contributed by atoms with Crippen LogP contribution < -0.4 is 5.73 Å². The fourth-order valence-electron chi connectivity index (χ4n) is 2.97. The zero-order valence-corrected chi connectivity index (χ0v) is 10.4. The molecule has 0 heterocycles. The Balaban J connectivity index is 2.73. The predicted octanol–water partition coefficient (Wildman–Crippen LogP) is 3.19. The smallest absolute Gasteiger partial charge is 0.0118 e. The zero-order valence-electron chi connectivity index (χ0n) is 10.4. The molecule has 1 rings (SSSR count). The van der Waals surface area contributed by atoms with Crippen LogP contribution in [-0.2, 0) is 0 Å². The van der Waals surface area contributed by atoms with Crippen LogP contribution in [0.2, 0.25) is 0 Å². The Labute approximate surface area is 94.8 Å². The van der Waals surface area contributed by atoms with Crippen molar-refractivity contribution in [1.29, 1.82) is 0 Å². The Morgan fingerprint density at radius 1 is 1.40 bits per heavy atom. The normalized spacial score (nSPS) is 32.3. The second kappa shape index (κ2) is 5.03. The first kappa shape index (κ1) is 12.6. The standard InChI is InChI=1S/C14H25N/c1-5-7-11-10-12(15)8-9-13(11)14(3,4)6-2/h1,11-13H,6-10,15H2,2-4H3. The van der Waals surface area contributed by atoms with Crippen molar-refractivity contribution in [2.45, 2.75) is 58.9 Å². The molecular formula is C14H25N. The summed E-state index contributed by atoms with van der Waals surface area (Å²) < 4.78 is 0. The van der Waals surface area contributed by atoms with E-state index in [1.807, 2.05) is 0 Å². The van der Waals surface area contributed by atoms with E-state index in [0.29, 0.717) is 17.4 Å². The largest absolute Gasteiger partial charge is 0.328 e. The molecule has 0 aromatic carbocycles. The highest BCUT2D eigenvalue weighted by molar-refractivity contribution is 4.96. The van der Waals surface area contributed by atoms with Crippen molar-refractivity contribution in [3.05, 3.63) is 0 Å². The van der Waals surface area contributed by atoms with Crippen molar-refractivity contribution in [2.75, 3.05) is 0 Å². The van der Waals surface area contributed by atoms with Crippen molar-refractivity contribution in [3.63, 3.8) is 0 Å². The number of hydrogen-bond donors (Lipinski definition) is 1. The maximum atomic E-state index is 6.03. The highest BCUT2D eigenvalue weighted by Gasteiger charge is 2.37. The van der Waals surface area contributed by atoms with Crippen LogP contribution >= 0.6 is 0 Å². The average Bonchev–Trinajstić information content (AvgIpc) is 2.18. The molecule has 3 unspecified atom stereocenters. The first-order valence-electron chi connectivity index (χ1n) is 6.20. The summed E-state index contributed by atoms with van der Waals surface area (Å²) in [7, 11) is 0. The molecule has 0 bridgehead atoms. The van der Waals surface area contributed by atoms with E-state index in [0.717, 1.165) is 18.8 Å². The second-order valence-electron chi connectivity index (χ2n) is 5.69. The molecule has 86 valence electrons. The molecule has 0 amide bonds. The van der Waals surface area contributed by atoms with Crippen LogP contribution in [0.25, 0.3) is 0 Å². The van der Waals surface area contributed by atoms with Gasteiger partial charge in [0.1, 0.15) is 0 Å². The summed E-state index contributed by atoms with van der Waals surface area (Å²) in [5, 5.41) is 0. The SMILES string of the molecule is C#CCC1CC(N)CCC1C(C)(C)CC. The van der Waals surface area contributed by atoms with Crippen molar-refractivity contribution in [2.24, 2.45) is 23.0 Å². The maximum absolute atomic E-state index is 6.03. The van der Waals surface area contributed by atoms with E-state index in [4.69, 9.17) is 12.2 Å². The highest BCUT2D eigenvalue weighted by Crippen LogP contribution is 2.44. The molecule has 0 radical (unpaired) electrons. The lowest BCUT2D eigenvalue weighted by molar-refractivity contribution is 0.0829. The van der Waals surface area contributed by atoms with Crippen LogP contribution in [0, 0.1) is 29.6 Å². The van der Waals surface area contributed by atoms with Gasteiger partial charge in [0.15, 0.2) is 0 Å². The molecule has 0 aromatic heterocycles. The second-order valence-corrected chi connectivity index (χ2v) is 5.69. The van der Waals surface area contributed by atoms with Gasteiger partial charge in [-0.15, -0.1) is 12.3 Å². The van der Waals surface area contributed by atoms with Gasteiger partial charge in [-0.05, 0) is 36.5 Å². The van der Waals surface area contributed by atoms with Crippen LogP contribution in [-0.4, -0.2) is 6.04 Å². The van der Waals surface area contributed by atoms with Gasteiger partial charge in [0, 0.05) is 12.5 Å². The van der Waals surface area contributed by atoms with Crippen molar-refractivity contribution >= 4 is 0 Å². The molecule has 1 aliphatic carbocycles. The third-order valence-electron chi connectivity index (χ3n) is 4.32. The minimum atomic E-state index is 0.382. The topological polar surface area (TPSA) is 26.0 Å². The summed E-state index contributed by atoms with van der Waals surface area (Å²) >= 11 is 0. The van der Waals surface area contributed by atoms with E-state index < -0.39 is 0 Å². The summed E-state index contributed by atoms with van der Waals surface area (Å²) in [5.74, 6) is 4.24. The van der Waals surface area contributed by atoms with Gasteiger partial charge in [0.25, 0.3) is 0 Å². The van der Waals surface area contributed by atoms with Gasteiger partial charge in [-0.2, -0.15) is 0 Å². The van der Waals surface area contributed by atoms with Crippen LogP contribution in [0.15, 0.2) is 0 Å². The Morgan fingerprint density at radius 3 is 2.60 bits per heavy atom. The summed E-state index contributed by atoms with van der Waals surface area (Å²) in [4.78, 5) is 0. The molecule has 15 heavy (non-hydrogen) atoms. The van der Waals surface area contributed by atoms with Crippen LogP contribution in [0.1, 0.15) is 52.9 Å². The van der Waals surface area contributed by atoms with Gasteiger partial charge in [-0.1, -0.05) is 27.2 Å².